The van der Waals surface area contributed by atoms with Crippen LogP contribution >= 0.6 is 0 Å². The first-order valence-electron chi connectivity index (χ1n) is 20.1. The van der Waals surface area contributed by atoms with Gasteiger partial charge in [-0.2, -0.15) is 0 Å². The van der Waals surface area contributed by atoms with Crippen molar-refractivity contribution in [3.8, 4) is 22.5 Å². The molecule has 0 radical (unpaired) electrons. The number of aryl methyl sites for hydroxylation is 1. The topological polar surface area (TPSA) is 9.86 Å². The second kappa shape index (κ2) is 13.8. The summed E-state index contributed by atoms with van der Waals surface area (Å²) in [6.07, 6.45) is 0. The summed E-state index contributed by atoms with van der Waals surface area (Å²) in [7, 11) is -2.74. The Labute approximate surface area is 339 Å². The quantitative estimate of drug-likeness (QED) is 0.113. The largest absolute Gasteiger partial charge is 0.309 e. The fourth-order valence-corrected chi connectivity index (χ4v) is 14.4. The summed E-state index contributed by atoms with van der Waals surface area (Å²) in [5.41, 5.74) is 10.8. The van der Waals surface area contributed by atoms with Gasteiger partial charge >= 0.3 is 0 Å². The fraction of sp³-hybridized carbons (Fsp3) is 0.0182. The van der Waals surface area contributed by atoms with Crippen LogP contribution in [0.25, 0.3) is 66.1 Å². The number of benzene rings is 9. The maximum absolute atomic E-state index is 2.74. The van der Waals surface area contributed by atoms with Gasteiger partial charge in [-0.25, -0.2) is 0 Å². The van der Waals surface area contributed by atoms with E-state index in [1.54, 1.807) is 0 Å². The second-order valence-electron chi connectivity index (χ2n) is 15.3. The van der Waals surface area contributed by atoms with Gasteiger partial charge in [0, 0.05) is 32.7 Å². The molecule has 2 heterocycles. The molecule has 3 heteroatoms. The van der Waals surface area contributed by atoms with E-state index < -0.39 is 8.07 Å². The Kier molecular flexibility index (Phi) is 8.09. The van der Waals surface area contributed by atoms with E-state index in [1.807, 2.05) is 0 Å². The summed E-state index contributed by atoms with van der Waals surface area (Å²) >= 11 is 0. The zero-order valence-electron chi connectivity index (χ0n) is 32.3. The molecule has 0 aliphatic carbocycles. The molecule has 0 spiro atoms. The molecule has 0 aliphatic heterocycles. The minimum Gasteiger partial charge on any atom is -0.309 e. The van der Waals surface area contributed by atoms with E-state index in [0.717, 1.165) is 5.69 Å². The highest BCUT2D eigenvalue weighted by molar-refractivity contribution is 7.20. The minimum absolute atomic E-state index is 1.16. The molecule has 0 saturated heterocycles. The van der Waals surface area contributed by atoms with Gasteiger partial charge in [-0.3, -0.25) is 0 Å². The van der Waals surface area contributed by atoms with Crippen molar-refractivity contribution in [1.82, 2.24) is 9.13 Å². The molecule has 11 rings (SSSR count). The number of hydrogen-bond donors (Lipinski definition) is 0. The van der Waals surface area contributed by atoms with Crippen LogP contribution in [-0.2, 0) is 0 Å². The van der Waals surface area contributed by atoms with Crippen molar-refractivity contribution < 1.29 is 0 Å². The summed E-state index contributed by atoms with van der Waals surface area (Å²) in [5.74, 6) is 0. The molecule has 0 atom stereocenters. The number of aromatic nitrogens is 2. The van der Waals surface area contributed by atoms with Gasteiger partial charge in [-0.1, -0.05) is 188 Å². The molecule has 9 aromatic carbocycles. The molecule has 0 fully saturated rings. The summed E-state index contributed by atoms with van der Waals surface area (Å²) in [4.78, 5) is 0. The van der Waals surface area contributed by atoms with E-state index in [1.165, 1.54) is 86.7 Å². The van der Waals surface area contributed by atoms with Gasteiger partial charge in [-0.15, -0.1) is 0 Å². The number of rotatable bonds is 7. The predicted molar refractivity (Wildman–Crippen MR) is 249 cm³/mol. The van der Waals surface area contributed by atoms with Crippen molar-refractivity contribution >= 4 is 72.4 Å². The van der Waals surface area contributed by atoms with Crippen LogP contribution in [0.1, 0.15) is 5.56 Å². The second-order valence-corrected chi connectivity index (χ2v) is 19.1. The molecular weight excluding hydrogens is 717 g/mol. The Morgan fingerprint density at radius 2 is 0.707 bits per heavy atom. The lowest BCUT2D eigenvalue weighted by Gasteiger charge is -2.34. The summed E-state index contributed by atoms with van der Waals surface area (Å²) in [6, 6.07) is 83.3. The number of fused-ring (bicyclic) bond motifs is 6. The van der Waals surface area contributed by atoms with Crippen molar-refractivity contribution in [3.05, 3.63) is 230 Å². The van der Waals surface area contributed by atoms with Gasteiger partial charge in [0.05, 0.1) is 33.4 Å². The van der Waals surface area contributed by atoms with Crippen LogP contribution in [-0.4, -0.2) is 17.2 Å². The van der Waals surface area contributed by atoms with Crippen molar-refractivity contribution in [2.75, 3.05) is 0 Å². The Bertz CT molecular complexity index is 3190. The third-order valence-corrected chi connectivity index (χ3v) is 16.9. The molecule has 0 bridgehead atoms. The summed E-state index contributed by atoms with van der Waals surface area (Å²) in [5, 5.41) is 10.5. The van der Waals surface area contributed by atoms with Gasteiger partial charge in [0.2, 0.25) is 0 Å². The van der Waals surface area contributed by atoms with Crippen LogP contribution in [0.2, 0.25) is 0 Å². The Morgan fingerprint density at radius 1 is 0.293 bits per heavy atom. The van der Waals surface area contributed by atoms with Crippen molar-refractivity contribution in [2.24, 2.45) is 0 Å². The lowest BCUT2D eigenvalue weighted by molar-refractivity contribution is 1.16. The minimum atomic E-state index is -2.74. The van der Waals surface area contributed by atoms with Crippen molar-refractivity contribution in [1.29, 1.82) is 0 Å². The van der Waals surface area contributed by atoms with Crippen LogP contribution in [0.5, 0.6) is 0 Å². The van der Waals surface area contributed by atoms with Gasteiger partial charge < -0.3 is 9.13 Å². The molecule has 0 aliphatic rings. The summed E-state index contributed by atoms with van der Waals surface area (Å²) < 4.78 is 4.95. The van der Waals surface area contributed by atoms with Crippen molar-refractivity contribution in [2.45, 2.75) is 6.92 Å². The van der Waals surface area contributed by atoms with E-state index in [9.17, 15) is 0 Å². The third-order valence-electron chi connectivity index (χ3n) is 12.1. The molecule has 0 N–H and O–H groups in total. The Balaban J connectivity index is 1.18. The molecule has 58 heavy (non-hydrogen) atoms. The number of nitrogens with zero attached hydrogens (tertiary/aromatic N) is 2. The molecule has 0 unspecified atom stereocenters. The lowest BCUT2D eigenvalue weighted by Crippen LogP contribution is -2.74. The molecule has 274 valence electrons. The molecule has 11 aromatic rings. The van der Waals surface area contributed by atoms with Crippen LogP contribution in [0.3, 0.4) is 0 Å². The zero-order chi connectivity index (χ0) is 38.6. The highest BCUT2D eigenvalue weighted by atomic mass is 28.3. The Morgan fingerprint density at radius 3 is 1.26 bits per heavy atom. The lowest BCUT2D eigenvalue weighted by atomic mass is 10.0. The smallest absolute Gasteiger partial charge is 0.179 e. The van der Waals surface area contributed by atoms with Gasteiger partial charge in [0.1, 0.15) is 0 Å². The zero-order valence-corrected chi connectivity index (χ0v) is 33.3. The highest BCUT2D eigenvalue weighted by Gasteiger charge is 2.41. The maximum atomic E-state index is 2.52. The molecule has 2 aromatic heterocycles. The fourth-order valence-electron chi connectivity index (χ4n) is 9.66. The first-order chi connectivity index (χ1) is 28.7. The Hall–Kier alpha value is -7.20. The average molecular weight is 757 g/mol. The van der Waals surface area contributed by atoms with Crippen LogP contribution < -0.4 is 20.7 Å². The summed E-state index contributed by atoms with van der Waals surface area (Å²) in [6.45, 7) is 2.18. The van der Waals surface area contributed by atoms with Gasteiger partial charge in [-0.05, 0) is 69.6 Å². The average Bonchev–Trinajstić information content (AvgIpc) is 3.80. The predicted octanol–water partition coefficient (Wildman–Crippen LogP) is 11.2. The normalized spacial score (nSPS) is 11.9. The molecule has 0 amide bonds. The van der Waals surface area contributed by atoms with E-state index in [4.69, 9.17) is 0 Å². The van der Waals surface area contributed by atoms with E-state index in [2.05, 4.69) is 241 Å². The van der Waals surface area contributed by atoms with Crippen molar-refractivity contribution in [3.63, 3.8) is 0 Å². The van der Waals surface area contributed by atoms with Gasteiger partial charge in [0.25, 0.3) is 0 Å². The SMILES string of the molecule is Cc1ccc2c3ccccc3n(-c3ccccc3-c3ccccc3-n3c4ccccc4c4cc([Si](c5ccccc5)(c5ccccc5)c5ccccc5)ccc43)c2c1. The van der Waals surface area contributed by atoms with E-state index in [-0.39, 0.29) is 0 Å². The molecular formula is C55H40N2Si. The molecule has 0 saturated carbocycles. The van der Waals surface area contributed by atoms with Crippen LogP contribution in [0.15, 0.2) is 224 Å². The maximum Gasteiger partial charge on any atom is 0.179 e. The first-order valence-corrected chi connectivity index (χ1v) is 22.1. The van der Waals surface area contributed by atoms with Crippen LogP contribution in [0.4, 0.5) is 0 Å². The third kappa shape index (κ3) is 5.17. The number of para-hydroxylation sites is 4. The van der Waals surface area contributed by atoms with E-state index in [0.29, 0.717) is 0 Å². The highest BCUT2D eigenvalue weighted by Crippen LogP contribution is 2.40. The van der Waals surface area contributed by atoms with E-state index >= 15 is 0 Å². The van der Waals surface area contributed by atoms with Gasteiger partial charge in [0.15, 0.2) is 8.07 Å². The molecule has 2 nitrogen and oxygen atoms in total. The monoisotopic (exact) mass is 756 g/mol. The van der Waals surface area contributed by atoms with Crippen LogP contribution in [0, 0.1) is 6.92 Å². The number of hydrogen-bond acceptors (Lipinski definition) is 0. The first kappa shape index (κ1) is 34.1. The standard InChI is InChI=1S/C55H40N2Si/c1-39-33-35-48-46-27-13-17-31-52(46)57(55(48)37-39)51-30-16-12-26-45(51)44-25-11-15-29-50(44)56-53-32-18-14-28-47(53)49-38-43(34-36-54(49)56)58(40-19-5-2-6-20-40,41-21-7-3-8-22-41)42-23-9-4-10-24-42/h2-38H,1H3.